The molecule has 0 aromatic heterocycles. The SMILES string of the molecule is O=Cc1ccc(F)cc1CC1CCCNC1. The van der Waals surface area contributed by atoms with Gasteiger partial charge in [0.2, 0.25) is 0 Å². The molecule has 1 fully saturated rings. The van der Waals surface area contributed by atoms with Crippen molar-refractivity contribution in [2.45, 2.75) is 19.3 Å². The van der Waals surface area contributed by atoms with E-state index < -0.39 is 0 Å². The van der Waals surface area contributed by atoms with Crippen LogP contribution in [0.1, 0.15) is 28.8 Å². The number of aldehydes is 1. The lowest BCUT2D eigenvalue weighted by Gasteiger charge is -2.23. The minimum absolute atomic E-state index is 0.260. The van der Waals surface area contributed by atoms with Crippen molar-refractivity contribution < 1.29 is 9.18 Å². The van der Waals surface area contributed by atoms with E-state index in [1.165, 1.54) is 12.1 Å². The highest BCUT2D eigenvalue weighted by molar-refractivity contribution is 5.77. The molecule has 1 aromatic rings. The molecule has 1 heterocycles. The smallest absolute Gasteiger partial charge is 0.150 e. The van der Waals surface area contributed by atoms with Crippen molar-refractivity contribution >= 4 is 6.29 Å². The maximum absolute atomic E-state index is 13.1. The van der Waals surface area contributed by atoms with E-state index in [-0.39, 0.29) is 5.82 Å². The Morgan fingerprint density at radius 1 is 1.50 bits per heavy atom. The van der Waals surface area contributed by atoms with Crippen molar-refractivity contribution in [1.29, 1.82) is 0 Å². The summed E-state index contributed by atoms with van der Waals surface area (Å²) in [4.78, 5) is 10.8. The number of carbonyl (C=O) groups excluding carboxylic acids is 1. The van der Waals surface area contributed by atoms with Gasteiger partial charge in [0.15, 0.2) is 0 Å². The Morgan fingerprint density at radius 2 is 2.38 bits per heavy atom. The van der Waals surface area contributed by atoms with E-state index in [0.29, 0.717) is 11.5 Å². The van der Waals surface area contributed by atoms with Gasteiger partial charge in [-0.05, 0) is 62.0 Å². The Hall–Kier alpha value is -1.22. The molecular formula is C13H16FNO. The minimum atomic E-state index is -0.260. The molecule has 0 aliphatic carbocycles. The molecule has 0 amide bonds. The first-order valence-corrected chi connectivity index (χ1v) is 5.74. The number of halogens is 1. The predicted octanol–water partition coefficient (Wildman–Crippen LogP) is 2.18. The fraction of sp³-hybridized carbons (Fsp3) is 0.462. The zero-order valence-corrected chi connectivity index (χ0v) is 9.21. The molecule has 2 rings (SSSR count). The van der Waals surface area contributed by atoms with Crippen molar-refractivity contribution in [3.63, 3.8) is 0 Å². The van der Waals surface area contributed by atoms with E-state index >= 15 is 0 Å². The molecule has 3 heteroatoms. The largest absolute Gasteiger partial charge is 0.316 e. The molecule has 1 atom stereocenters. The average Bonchev–Trinajstić information content (AvgIpc) is 2.31. The fourth-order valence-electron chi connectivity index (χ4n) is 2.28. The van der Waals surface area contributed by atoms with Crippen LogP contribution in [0.15, 0.2) is 18.2 Å². The lowest BCUT2D eigenvalue weighted by Crippen LogP contribution is -2.31. The third-order valence-electron chi connectivity index (χ3n) is 3.14. The highest BCUT2D eigenvalue weighted by Crippen LogP contribution is 2.19. The Labute approximate surface area is 94.9 Å². The first kappa shape index (κ1) is 11.3. The molecule has 1 unspecified atom stereocenters. The molecular weight excluding hydrogens is 205 g/mol. The van der Waals surface area contributed by atoms with Gasteiger partial charge in [0, 0.05) is 5.56 Å². The number of piperidine rings is 1. The molecule has 86 valence electrons. The molecule has 1 aromatic carbocycles. The van der Waals surface area contributed by atoms with Crippen LogP contribution in [0.5, 0.6) is 0 Å². The number of benzene rings is 1. The van der Waals surface area contributed by atoms with Gasteiger partial charge in [-0.15, -0.1) is 0 Å². The van der Waals surface area contributed by atoms with Gasteiger partial charge in [-0.3, -0.25) is 4.79 Å². The number of nitrogens with one attached hydrogen (secondary N) is 1. The zero-order valence-electron chi connectivity index (χ0n) is 9.21. The van der Waals surface area contributed by atoms with Crippen LogP contribution in [0.4, 0.5) is 4.39 Å². The van der Waals surface area contributed by atoms with Crippen LogP contribution < -0.4 is 5.32 Å². The molecule has 0 radical (unpaired) electrons. The molecule has 1 aliphatic rings. The number of hydrogen-bond donors (Lipinski definition) is 1. The van der Waals surface area contributed by atoms with Crippen LogP contribution in [0.25, 0.3) is 0 Å². The maximum Gasteiger partial charge on any atom is 0.150 e. The van der Waals surface area contributed by atoms with Gasteiger partial charge in [-0.1, -0.05) is 0 Å². The van der Waals surface area contributed by atoms with Gasteiger partial charge in [0.05, 0.1) is 0 Å². The van der Waals surface area contributed by atoms with Crippen LogP contribution in [0, 0.1) is 11.7 Å². The normalized spacial score (nSPS) is 20.7. The summed E-state index contributed by atoms with van der Waals surface area (Å²) in [6, 6.07) is 4.39. The predicted molar refractivity (Wildman–Crippen MR) is 61.1 cm³/mol. The average molecular weight is 221 g/mol. The van der Waals surface area contributed by atoms with Gasteiger partial charge in [0.1, 0.15) is 12.1 Å². The summed E-state index contributed by atoms with van der Waals surface area (Å²) in [5, 5.41) is 3.33. The molecule has 1 aliphatic heterocycles. The van der Waals surface area contributed by atoms with Gasteiger partial charge in [-0.2, -0.15) is 0 Å². The fourth-order valence-corrected chi connectivity index (χ4v) is 2.28. The third-order valence-corrected chi connectivity index (χ3v) is 3.14. The monoisotopic (exact) mass is 221 g/mol. The minimum Gasteiger partial charge on any atom is -0.316 e. The summed E-state index contributed by atoms with van der Waals surface area (Å²) in [5.74, 6) is 0.263. The quantitative estimate of drug-likeness (QED) is 0.793. The van der Waals surface area contributed by atoms with Crippen LogP contribution >= 0.6 is 0 Å². The van der Waals surface area contributed by atoms with E-state index in [2.05, 4.69) is 5.32 Å². The van der Waals surface area contributed by atoms with Gasteiger partial charge < -0.3 is 5.32 Å². The van der Waals surface area contributed by atoms with Crippen LogP contribution in [-0.4, -0.2) is 19.4 Å². The summed E-state index contributed by atoms with van der Waals surface area (Å²) < 4.78 is 13.1. The van der Waals surface area contributed by atoms with Gasteiger partial charge in [-0.25, -0.2) is 4.39 Å². The van der Waals surface area contributed by atoms with Crippen molar-refractivity contribution in [2.24, 2.45) is 5.92 Å². The Balaban J connectivity index is 2.12. The van der Waals surface area contributed by atoms with Crippen molar-refractivity contribution in [3.8, 4) is 0 Å². The third kappa shape index (κ3) is 2.67. The maximum atomic E-state index is 13.1. The molecule has 16 heavy (non-hydrogen) atoms. The molecule has 0 saturated carbocycles. The van der Waals surface area contributed by atoms with Gasteiger partial charge in [0.25, 0.3) is 0 Å². The van der Waals surface area contributed by atoms with Crippen LogP contribution in [0.3, 0.4) is 0 Å². The second kappa shape index (κ2) is 5.21. The van der Waals surface area contributed by atoms with E-state index in [9.17, 15) is 9.18 Å². The topological polar surface area (TPSA) is 29.1 Å². The zero-order chi connectivity index (χ0) is 11.4. The molecule has 1 N–H and O–H groups in total. The number of carbonyl (C=O) groups is 1. The first-order chi connectivity index (χ1) is 7.79. The molecule has 0 spiro atoms. The lowest BCUT2D eigenvalue weighted by molar-refractivity contribution is 0.112. The molecule has 0 bridgehead atoms. The van der Waals surface area contributed by atoms with E-state index in [1.54, 1.807) is 6.07 Å². The summed E-state index contributed by atoms with van der Waals surface area (Å²) in [6.07, 6.45) is 3.92. The van der Waals surface area contributed by atoms with Crippen molar-refractivity contribution in [2.75, 3.05) is 13.1 Å². The highest BCUT2D eigenvalue weighted by Gasteiger charge is 2.15. The first-order valence-electron chi connectivity index (χ1n) is 5.74. The number of hydrogen-bond acceptors (Lipinski definition) is 2. The van der Waals surface area contributed by atoms with E-state index in [0.717, 1.165) is 44.2 Å². The Kier molecular flexibility index (Phi) is 3.67. The highest BCUT2D eigenvalue weighted by atomic mass is 19.1. The second-order valence-corrected chi connectivity index (χ2v) is 4.38. The standard InChI is InChI=1S/C13H16FNO/c14-13-4-3-11(9-16)12(7-13)6-10-2-1-5-15-8-10/h3-4,7,9-10,15H,1-2,5-6,8H2. The Bertz CT molecular complexity index is 372. The molecule has 2 nitrogen and oxygen atoms in total. The van der Waals surface area contributed by atoms with Crippen LogP contribution in [0.2, 0.25) is 0 Å². The molecule has 1 saturated heterocycles. The van der Waals surface area contributed by atoms with Crippen LogP contribution in [-0.2, 0) is 6.42 Å². The summed E-state index contributed by atoms with van der Waals surface area (Å²) in [5.41, 5.74) is 1.45. The lowest BCUT2D eigenvalue weighted by atomic mass is 9.90. The second-order valence-electron chi connectivity index (χ2n) is 4.38. The van der Waals surface area contributed by atoms with Crippen molar-refractivity contribution in [1.82, 2.24) is 5.32 Å². The van der Waals surface area contributed by atoms with E-state index in [1.807, 2.05) is 0 Å². The number of rotatable bonds is 3. The summed E-state index contributed by atoms with van der Waals surface area (Å²) in [6.45, 7) is 2.04. The Morgan fingerprint density at radius 3 is 3.06 bits per heavy atom. The van der Waals surface area contributed by atoms with E-state index in [4.69, 9.17) is 0 Å². The summed E-state index contributed by atoms with van der Waals surface area (Å²) >= 11 is 0. The van der Waals surface area contributed by atoms with Crippen molar-refractivity contribution in [3.05, 3.63) is 35.1 Å². The summed E-state index contributed by atoms with van der Waals surface area (Å²) in [7, 11) is 0. The van der Waals surface area contributed by atoms with Gasteiger partial charge >= 0.3 is 0 Å².